The first-order valence-electron chi connectivity index (χ1n) is 6.37. The van der Waals surface area contributed by atoms with Gasteiger partial charge in [0.25, 0.3) is 0 Å². The molecule has 1 amide bonds. The molecule has 6 nitrogen and oxygen atoms in total. The van der Waals surface area contributed by atoms with Crippen LogP contribution in [0, 0.1) is 0 Å². The van der Waals surface area contributed by atoms with Crippen molar-refractivity contribution in [3.8, 4) is 0 Å². The fourth-order valence-corrected chi connectivity index (χ4v) is 2.21. The number of hydrogen-bond acceptors (Lipinski definition) is 5. The van der Waals surface area contributed by atoms with E-state index in [1.54, 1.807) is 7.05 Å². The van der Waals surface area contributed by atoms with Gasteiger partial charge in [0.2, 0.25) is 11.9 Å². The van der Waals surface area contributed by atoms with E-state index in [4.69, 9.17) is 11.6 Å². The van der Waals surface area contributed by atoms with E-state index < -0.39 is 0 Å². The maximum atomic E-state index is 12.2. The maximum absolute atomic E-state index is 12.2. The van der Waals surface area contributed by atoms with E-state index in [2.05, 4.69) is 20.6 Å². The molecule has 0 aromatic carbocycles. The molecule has 1 aliphatic heterocycles. The Bertz CT molecular complexity index is 461. The summed E-state index contributed by atoms with van der Waals surface area (Å²) in [5.41, 5.74) is 0. The zero-order valence-electron chi connectivity index (χ0n) is 11.1. The third-order valence-electron chi connectivity index (χ3n) is 3.11. The Morgan fingerprint density at radius 1 is 1.47 bits per heavy atom. The monoisotopic (exact) mass is 283 g/mol. The standard InChI is InChI=1S/C12H18ClN5O/c1-8(11(19)18-5-3-4-6-18)16-10-9(13)7-15-12(14-2)17-10/h7-8H,3-6H2,1-2H3,(H2,14,15,16,17). The second-order valence-corrected chi connectivity index (χ2v) is 4.95. The lowest BCUT2D eigenvalue weighted by Crippen LogP contribution is -2.39. The normalized spacial score (nSPS) is 16.3. The fraction of sp³-hybridized carbons (Fsp3) is 0.583. The first-order chi connectivity index (χ1) is 9.11. The molecular weight excluding hydrogens is 266 g/mol. The molecule has 0 radical (unpaired) electrons. The van der Waals surface area contributed by atoms with Gasteiger partial charge < -0.3 is 15.5 Å². The van der Waals surface area contributed by atoms with Crippen LogP contribution in [0.4, 0.5) is 11.8 Å². The summed E-state index contributed by atoms with van der Waals surface area (Å²) in [6.07, 6.45) is 3.67. The lowest BCUT2D eigenvalue weighted by molar-refractivity contribution is -0.130. The van der Waals surface area contributed by atoms with E-state index in [0.29, 0.717) is 16.8 Å². The first kappa shape index (κ1) is 13.9. The number of carbonyl (C=O) groups is 1. The average Bonchev–Trinajstić information content (AvgIpc) is 2.94. The molecule has 0 saturated carbocycles. The van der Waals surface area contributed by atoms with Crippen molar-refractivity contribution < 1.29 is 4.79 Å². The van der Waals surface area contributed by atoms with Crippen LogP contribution in [0.1, 0.15) is 19.8 Å². The molecule has 1 fully saturated rings. The second-order valence-electron chi connectivity index (χ2n) is 4.54. The lowest BCUT2D eigenvalue weighted by atomic mass is 10.3. The van der Waals surface area contributed by atoms with Crippen molar-refractivity contribution in [2.75, 3.05) is 30.8 Å². The van der Waals surface area contributed by atoms with Crippen molar-refractivity contribution in [3.63, 3.8) is 0 Å². The van der Waals surface area contributed by atoms with E-state index in [-0.39, 0.29) is 11.9 Å². The van der Waals surface area contributed by atoms with Crippen molar-refractivity contribution in [1.82, 2.24) is 14.9 Å². The quantitative estimate of drug-likeness (QED) is 0.878. The van der Waals surface area contributed by atoms with Gasteiger partial charge in [0, 0.05) is 20.1 Å². The summed E-state index contributed by atoms with van der Waals surface area (Å²) < 4.78 is 0. The molecule has 104 valence electrons. The molecule has 0 spiro atoms. The molecule has 0 aliphatic carbocycles. The Kier molecular flexibility index (Phi) is 4.42. The van der Waals surface area contributed by atoms with E-state index in [1.165, 1.54) is 6.20 Å². The summed E-state index contributed by atoms with van der Waals surface area (Å²) in [5.74, 6) is 1.02. The van der Waals surface area contributed by atoms with Crippen molar-refractivity contribution in [1.29, 1.82) is 0 Å². The summed E-state index contributed by atoms with van der Waals surface area (Å²) in [7, 11) is 1.73. The maximum Gasteiger partial charge on any atom is 0.244 e. The third kappa shape index (κ3) is 3.26. The van der Waals surface area contributed by atoms with Crippen molar-refractivity contribution in [2.24, 2.45) is 0 Å². The molecule has 19 heavy (non-hydrogen) atoms. The van der Waals surface area contributed by atoms with Gasteiger partial charge >= 0.3 is 0 Å². The fourth-order valence-electron chi connectivity index (χ4n) is 2.07. The predicted octanol–water partition coefficient (Wildman–Crippen LogP) is 1.59. The molecule has 7 heteroatoms. The van der Waals surface area contributed by atoms with Gasteiger partial charge in [0.1, 0.15) is 11.1 Å². The number of rotatable bonds is 4. The number of carbonyl (C=O) groups excluding carboxylic acids is 1. The molecule has 2 heterocycles. The Morgan fingerprint density at radius 3 is 2.79 bits per heavy atom. The molecular formula is C12H18ClN5O. The largest absolute Gasteiger partial charge is 0.357 e. The van der Waals surface area contributed by atoms with E-state index in [1.807, 2.05) is 11.8 Å². The zero-order valence-corrected chi connectivity index (χ0v) is 11.9. The van der Waals surface area contributed by atoms with Crippen LogP contribution in [0.5, 0.6) is 0 Å². The van der Waals surface area contributed by atoms with E-state index in [0.717, 1.165) is 25.9 Å². The van der Waals surface area contributed by atoms with Gasteiger partial charge in [-0.2, -0.15) is 4.98 Å². The first-order valence-corrected chi connectivity index (χ1v) is 6.75. The Balaban J connectivity index is 2.05. The van der Waals surface area contributed by atoms with Crippen LogP contribution < -0.4 is 10.6 Å². The molecule has 1 aromatic rings. The summed E-state index contributed by atoms with van der Waals surface area (Å²) in [5, 5.41) is 6.29. The van der Waals surface area contributed by atoms with Gasteiger partial charge in [-0.1, -0.05) is 11.6 Å². The Hall–Kier alpha value is -1.56. The second kappa shape index (κ2) is 6.06. The van der Waals surface area contributed by atoms with Gasteiger partial charge in [0.05, 0.1) is 6.20 Å². The number of hydrogen-bond donors (Lipinski definition) is 2. The van der Waals surface area contributed by atoms with Crippen molar-refractivity contribution >= 4 is 29.3 Å². The zero-order chi connectivity index (χ0) is 13.8. The third-order valence-corrected chi connectivity index (χ3v) is 3.39. The smallest absolute Gasteiger partial charge is 0.244 e. The van der Waals surface area contributed by atoms with Crippen LogP contribution in [0.25, 0.3) is 0 Å². The molecule has 2 N–H and O–H groups in total. The molecule has 0 bridgehead atoms. The minimum Gasteiger partial charge on any atom is -0.357 e. The summed E-state index contributed by atoms with van der Waals surface area (Å²) in [4.78, 5) is 22.2. The minimum atomic E-state index is -0.352. The summed E-state index contributed by atoms with van der Waals surface area (Å²) in [6.45, 7) is 3.49. The Morgan fingerprint density at radius 2 is 2.16 bits per heavy atom. The minimum absolute atomic E-state index is 0.0817. The molecule has 1 unspecified atom stereocenters. The number of halogens is 1. The van der Waals surface area contributed by atoms with Gasteiger partial charge in [-0.25, -0.2) is 4.98 Å². The van der Waals surface area contributed by atoms with E-state index in [9.17, 15) is 4.79 Å². The van der Waals surface area contributed by atoms with Gasteiger partial charge in [0.15, 0.2) is 5.82 Å². The highest BCUT2D eigenvalue weighted by molar-refractivity contribution is 6.32. The van der Waals surface area contributed by atoms with Crippen LogP contribution in [-0.2, 0) is 4.79 Å². The number of amides is 1. The number of nitrogens with zero attached hydrogens (tertiary/aromatic N) is 3. The lowest BCUT2D eigenvalue weighted by Gasteiger charge is -2.21. The van der Waals surface area contributed by atoms with Crippen LogP contribution in [0.3, 0.4) is 0 Å². The van der Waals surface area contributed by atoms with E-state index >= 15 is 0 Å². The number of nitrogens with one attached hydrogen (secondary N) is 2. The molecule has 1 saturated heterocycles. The highest BCUT2D eigenvalue weighted by Crippen LogP contribution is 2.20. The Labute approximate surface area is 117 Å². The predicted molar refractivity (Wildman–Crippen MR) is 75.5 cm³/mol. The van der Waals surface area contributed by atoms with Gasteiger partial charge in [-0.05, 0) is 19.8 Å². The van der Waals surface area contributed by atoms with Crippen LogP contribution >= 0.6 is 11.6 Å². The SMILES string of the molecule is CNc1ncc(Cl)c(NC(C)C(=O)N2CCCC2)n1. The van der Waals surface area contributed by atoms with Gasteiger partial charge in [-0.15, -0.1) is 0 Å². The molecule has 1 aromatic heterocycles. The van der Waals surface area contributed by atoms with Crippen molar-refractivity contribution in [3.05, 3.63) is 11.2 Å². The molecule has 2 rings (SSSR count). The van der Waals surface area contributed by atoms with Crippen LogP contribution in [0.2, 0.25) is 5.02 Å². The number of anilines is 2. The highest BCUT2D eigenvalue weighted by atomic mass is 35.5. The summed E-state index contributed by atoms with van der Waals surface area (Å²) >= 11 is 6.02. The number of likely N-dealkylation sites (tertiary alicyclic amines) is 1. The van der Waals surface area contributed by atoms with Gasteiger partial charge in [-0.3, -0.25) is 4.79 Å². The number of aromatic nitrogens is 2. The topological polar surface area (TPSA) is 70.2 Å². The van der Waals surface area contributed by atoms with Crippen LogP contribution in [-0.4, -0.2) is 47.0 Å². The van der Waals surface area contributed by atoms with Crippen LogP contribution in [0.15, 0.2) is 6.20 Å². The highest BCUT2D eigenvalue weighted by Gasteiger charge is 2.23. The average molecular weight is 284 g/mol. The molecule has 1 aliphatic rings. The molecule has 1 atom stereocenters. The summed E-state index contributed by atoms with van der Waals surface area (Å²) in [6, 6.07) is -0.352. The van der Waals surface area contributed by atoms with Crippen molar-refractivity contribution in [2.45, 2.75) is 25.8 Å².